The van der Waals surface area contributed by atoms with Gasteiger partial charge in [0, 0.05) is 22.7 Å². The summed E-state index contributed by atoms with van der Waals surface area (Å²) < 4.78 is 43.1. The van der Waals surface area contributed by atoms with Gasteiger partial charge in [-0.1, -0.05) is 54.1 Å². The summed E-state index contributed by atoms with van der Waals surface area (Å²) in [4.78, 5) is 28.1. The monoisotopic (exact) mass is 573 g/mol. The number of aryl methyl sites for hydroxylation is 1. The zero-order chi connectivity index (χ0) is 29.0. The van der Waals surface area contributed by atoms with Gasteiger partial charge in [-0.3, -0.25) is 13.9 Å². The molecule has 0 heterocycles. The molecule has 7 nitrogen and oxygen atoms in total. The number of anilines is 1. The van der Waals surface area contributed by atoms with Gasteiger partial charge in [0.25, 0.3) is 10.0 Å². The molecular formula is C29H33ClFN3O4S. The number of carbonyl (C=O) groups is 2. The quantitative estimate of drug-likeness (QED) is 0.376. The number of rotatable bonds is 9. The lowest BCUT2D eigenvalue weighted by molar-refractivity contribution is -0.140. The third-order valence-electron chi connectivity index (χ3n) is 6.02. The van der Waals surface area contributed by atoms with E-state index in [0.29, 0.717) is 5.02 Å². The third-order valence-corrected chi connectivity index (χ3v) is 8.21. The second kappa shape index (κ2) is 12.2. The molecule has 10 heteroatoms. The number of sulfonamides is 1. The van der Waals surface area contributed by atoms with Crippen molar-refractivity contribution < 1.29 is 22.4 Å². The Morgan fingerprint density at radius 3 is 2.21 bits per heavy atom. The maximum atomic E-state index is 14.6. The molecule has 0 fully saturated rings. The van der Waals surface area contributed by atoms with E-state index in [1.54, 1.807) is 64.1 Å². The number of nitrogens with one attached hydrogen (secondary N) is 1. The number of benzene rings is 3. The fraction of sp³-hybridized carbons (Fsp3) is 0.310. The molecule has 0 aliphatic heterocycles. The first kappa shape index (κ1) is 30.1. The molecule has 1 atom stereocenters. The van der Waals surface area contributed by atoms with E-state index >= 15 is 0 Å². The van der Waals surface area contributed by atoms with Crippen LogP contribution in [0.1, 0.15) is 38.8 Å². The Bertz CT molecular complexity index is 1440. The van der Waals surface area contributed by atoms with Gasteiger partial charge in [-0.05, 0) is 70.5 Å². The van der Waals surface area contributed by atoms with Crippen LogP contribution in [-0.2, 0) is 26.2 Å². The summed E-state index contributed by atoms with van der Waals surface area (Å²) in [5, 5.41) is 3.16. The second-order valence-corrected chi connectivity index (χ2v) is 12.6. The predicted molar refractivity (Wildman–Crippen MR) is 151 cm³/mol. The molecule has 0 aliphatic rings. The van der Waals surface area contributed by atoms with Crippen LogP contribution in [0.5, 0.6) is 0 Å². The average Bonchev–Trinajstić information content (AvgIpc) is 2.87. The van der Waals surface area contributed by atoms with E-state index in [1.165, 1.54) is 48.2 Å². The Morgan fingerprint density at radius 2 is 1.62 bits per heavy atom. The third kappa shape index (κ3) is 7.58. The van der Waals surface area contributed by atoms with Gasteiger partial charge in [0.15, 0.2) is 0 Å². The smallest absolute Gasteiger partial charge is 0.264 e. The first-order chi connectivity index (χ1) is 18.2. The van der Waals surface area contributed by atoms with Gasteiger partial charge in [-0.15, -0.1) is 0 Å². The second-order valence-electron chi connectivity index (χ2n) is 10.3. The van der Waals surface area contributed by atoms with Crippen LogP contribution < -0.4 is 9.62 Å². The zero-order valence-corrected chi connectivity index (χ0v) is 24.2. The summed E-state index contributed by atoms with van der Waals surface area (Å²) in [7, 11) is -4.22. The molecule has 0 bridgehead atoms. The van der Waals surface area contributed by atoms with E-state index in [4.69, 9.17) is 11.6 Å². The number of amides is 2. The van der Waals surface area contributed by atoms with Crippen molar-refractivity contribution in [3.63, 3.8) is 0 Å². The summed E-state index contributed by atoms with van der Waals surface area (Å²) in [6.07, 6.45) is 0. The molecule has 0 saturated carbocycles. The highest BCUT2D eigenvalue weighted by molar-refractivity contribution is 7.92. The van der Waals surface area contributed by atoms with Crippen molar-refractivity contribution in [2.45, 2.75) is 57.6 Å². The minimum Gasteiger partial charge on any atom is -0.350 e. The first-order valence-electron chi connectivity index (χ1n) is 12.4. The van der Waals surface area contributed by atoms with Gasteiger partial charge in [0.05, 0.1) is 10.6 Å². The first-order valence-corrected chi connectivity index (χ1v) is 14.2. The molecule has 39 heavy (non-hydrogen) atoms. The van der Waals surface area contributed by atoms with E-state index in [2.05, 4.69) is 5.32 Å². The van der Waals surface area contributed by atoms with Gasteiger partial charge in [-0.25, -0.2) is 12.8 Å². The highest BCUT2D eigenvalue weighted by Crippen LogP contribution is 2.28. The van der Waals surface area contributed by atoms with Gasteiger partial charge in [0.1, 0.15) is 18.4 Å². The number of halogens is 2. The molecule has 2 amide bonds. The summed E-state index contributed by atoms with van der Waals surface area (Å²) >= 11 is 6.32. The van der Waals surface area contributed by atoms with Gasteiger partial charge >= 0.3 is 0 Å². The molecule has 3 aromatic carbocycles. The highest BCUT2D eigenvalue weighted by Gasteiger charge is 2.33. The molecule has 1 N–H and O–H groups in total. The molecule has 0 spiro atoms. The number of hydrogen-bond donors (Lipinski definition) is 1. The van der Waals surface area contributed by atoms with E-state index in [1.807, 2.05) is 0 Å². The Balaban J connectivity index is 2.06. The number of nitrogens with zero attached hydrogens (tertiary/aromatic N) is 2. The van der Waals surface area contributed by atoms with Crippen LogP contribution in [0.25, 0.3) is 0 Å². The van der Waals surface area contributed by atoms with Crippen molar-refractivity contribution in [2.24, 2.45) is 0 Å². The van der Waals surface area contributed by atoms with Gasteiger partial charge < -0.3 is 10.2 Å². The van der Waals surface area contributed by atoms with E-state index in [-0.39, 0.29) is 22.7 Å². The van der Waals surface area contributed by atoms with Crippen molar-refractivity contribution in [3.05, 3.63) is 94.8 Å². The minimum atomic E-state index is -4.22. The molecule has 0 aliphatic carbocycles. The molecule has 208 valence electrons. The molecule has 3 rings (SSSR count). The summed E-state index contributed by atoms with van der Waals surface area (Å²) in [5.74, 6) is -1.69. The van der Waals surface area contributed by atoms with E-state index in [0.717, 1.165) is 9.87 Å². The molecule has 0 saturated heterocycles. The maximum absolute atomic E-state index is 14.6. The summed E-state index contributed by atoms with van der Waals surface area (Å²) in [6.45, 7) is 7.83. The van der Waals surface area contributed by atoms with Crippen LogP contribution in [0.4, 0.5) is 10.1 Å². The van der Waals surface area contributed by atoms with Crippen molar-refractivity contribution in [1.82, 2.24) is 10.2 Å². The Kier molecular flexibility index (Phi) is 9.40. The fourth-order valence-corrected chi connectivity index (χ4v) is 5.45. The zero-order valence-electron chi connectivity index (χ0n) is 22.6. The number of hydrogen-bond acceptors (Lipinski definition) is 4. The van der Waals surface area contributed by atoms with Crippen LogP contribution in [0, 0.1) is 12.7 Å². The predicted octanol–water partition coefficient (Wildman–Crippen LogP) is 5.31. The van der Waals surface area contributed by atoms with Crippen LogP contribution in [-0.4, -0.2) is 43.3 Å². The van der Waals surface area contributed by atoms with E-state index < -0.39 is 45.8 Å². The SMILES string of the molecule is Cc1ccc(N(CC(=O)N(Cc2ccccc2F)[C@H](C)C(=O)NC(C)(C)C)S(=O)(=O)c2ccccc2)cc1Cl. The van der Waals surface area contributed by atoms with Crippen LogP contribution in [0.3, 0.4) is 0 Å². The lowest BCUT2D eigenvalue weighted by Crippen LogP contribution is -2.54. The molecule has 0 unspecified atom stereocenters. The Morgan fingerprint density at radius 1 is 1.00 bits per heavy atom. The van der Waals surface area contributed by atoms with Crippen molar-refractivity contribution in [2.75, 3.05) is 10.8 Å². The van der Waals surface area contributed by atoms with Crippen LogP contribution >= 0.6 is 11.6 Å². The summed E-state index contributed by atoms with van der Waals surface area (Å²) in [6, 6.07) is 17.3. The lowest BCUT2D eigenvalue weighted by atomic mass is 10.1. The minimum absolute atomic E-state index is 0.0197. The van der Waals surface area contributed by atoms with Crippen LogP contribution in [0.15, 0.2) is 77.7 Å². The fourth-order valence-electron chi connectivity index (χ4n) is 3.85. The van der Waals surface area contributed by atoms with Crippen LogP contribution in [0.2, 0.25) is 5.02 Å². The lowest BCUT2D eigenvalue weighted by Gasteiger charge is -2.33. The standard InChI is InChI=1S/C29H33ClFN3O4S/c1-20-15-16-23(17-25(20)30)34(39(37,38)24-12-7-6-8-13-24)19-27(35)33(18-22-11-9-10-14-26(22)31)21(2)28(36)32-29(3,4)5/h6-17,21H,18-19H2,1-5H3,(H,32,36)/t21-/m1/s1. The molecule has 0 radical (unpaired) electrons. The Labute approximate surface area is 234 Å². The van der Waals surface area contributed by atoms with Gasteiger partial charge in [0.2, 0.25) is 11.8 Å². The van der Waals surface area contributed by atoms with Crippen molar-refractivity contribution >= 4 is 39.1 Å². The van der Waals surface area contributed by atoms with Crippen molar-refractivity contribution in [1.29, 1.82) is 0 Å². The normalized spacial score (nSPS) is 12.5. The molecule has 3 aromatic rings. The largest absolute Gasteiger partial charge is 0.350 e. The average molecular weight is 574 g/mol. The number of carbonyl (C=O) groups excluding carboxylic acids is 2. The van der Waals surface area contributed by atoms with Gasteiger partial charge in [-0.2, -0.15) is 0 Å². The van der Waals surface area contributed by atoms with E-state index in [9.17, 15) is 22.4 Å². The van der Waals surface area contributed by atoms with Crippen molar-refractivity contribution in [3.8, 4) is 0 Å². The topological polar surface area (TPSA) is 86.8 Å². The Hall–Kier alpha value is -3.43. The molecular weight excluding hydrogens is 541 g/mol. The maximum Gasteiger partial charge on any atom is 0.264 e. The summed E-state index contributed by atoms with van der Waals surface area (Å²) in [5.41, 5.74) is 0.523. The molecule has 0 aromatic heterocycles. The highest BCUT2D eigenvalue weighted by atomic mass is 35.5.